The second kappa shape index (κ2) is 11.1. The van der Waals surface area contributed by atoms with Crippen molar-refractivity contribution in [2.75, 3.05) is 6.61 Å². The van der Waals surface area contributed by atoms with Gasteiger partial charge in [-0.05, 0) is 52.6 Å². The second-order valence-corrected chi connectivity index (χ2v) is 10.8. The van der Waals surface area contributed by atoms with Gasteiger partial charge in [0.25, 0.3) is 0 Å². The van der Waals surface area contributed by atoms with Crippen molar-refractivity contribution < 1.29 is 4.74 Å². The van der Waals surface area contributed by atoms with E-state index in [1.807, 2.05) is 12.4 Å². The molecule has 0 bridgehead atoms. The van der Waals surface area contributed by atoms with Crippen LogP contribution in [0.2, 0.25) is 0 Å². The van der Waals surface area contributed by atoms with Crippen molar-refractivity contribution in [2.45, 2.75) is 44.6 Å². The fourth-order valence-corrected chi connectivity index (χ4v) is 5.16. The Morgan fingerprint density at radius 2 is 1.18 bits per heavy atom. The predicted molar refractivity (Wildman–Crippen MR) is 156 cm³/mol. The third-order valence-electron chi connectivity index (χ3n) is 7.14. The molecule has 4 aromatic carbocycles. The summed E-state index contributed by atoms with van der Waals surface area (Å²) in [6.45, 7) is 7.33. The molecule has 0 N–H and O–H groups in total. The minimum Gasteiger partial charge on any atom is -0.494 e. The number of aromatic nitrogens is 2. The summed E-state index contributed by atoms with van der Waals surface area (Å²) >= 11 is 0. The van der Waals surface area contributed by atoms with Gasteiger partial charge in [-0.15, -0.1) is 0 Å². The molecule has 0 aliphatic rings. The first-order valence-electron chi connectivity index (χ1n) is 13.4. The van der Waals surface area contributed by atoms with Crippen LogP contribution >= 0.6 is 0 Å². The van der Waals surface area contributed by atoms with Crippen molar-refractivity contribution in [1.82, 2.24) is 9.55 Å². The summed E-state index contributed by atoms with van der Waals surface area (Å²) in [6.07, 6.45) is 5.93. The van der Waals surface area contributed by atoms with Crippen LogP contribution in [-0.4, -0.2) is 16.2 Å². The molecule has 0 spiro atoms. The van der Waals surface area contributed by atoms with Crippen LogP contribution in [0.5, 0.6) is 5.75 Å². The molecule has 3 nitrogen and oxygen atoms in total. The molecular formula is C35H36N2O. The van der Waals surface area contributed by atoms with Crippen molar-refractivity contribution in [3.8, 4) is 5.75 Å². The van der Waals surface area contributed by atoms with Gasteiger partial charge in [0.1, 0.15) is 11.3 Å². The average Bonchev–Trinajstić information content (AvgIpc) is 3.42. The number of imidazole rings is 1. The number of ether oxygens (including phenoxy) is 1. The van der Waals surface area contributed by atoms with Gasteiger partial charge in [0.2, 0.25) is 0 Å². The van der Waals surface area contributed by atoms with Crippen LogP contribution in [-0.2, 0) is 17.4 Å². The van der Waals surface area contributed by atoms with Gasteiger partial charge in [-0.3, -0.25) is 0 Å². The zero-order valence-corrected chi connectivity index (χ0v) is 22.5. The van der Waals surface area contributed by atoms with E-state index in [-0.39, 0.29) is 5.41 Å². The van der Waals surface area contributed by atoms with Crippen molar-refractivity contribution >= 4 is 0 Å². The quantitative estimate of drug-likeness (QED) is 0.151. The molecule has 3 heteroatoms. The fourth-order valence-electron chi connectivity index (χ4n) is 5.16. The molecule has 0 aliphatic carbocycles. The van der Waals surface area contributed by atoms with E-state index in [1.54, 1.807) is 0 Å². The summed E-state index contributed by atoms with van der Waals surface area (Å²) in [7, 11) is 0. The van der Waals surface area contributed by atoms with Crippen LogP contribution in [0.15, 0.2) is 128 Å². The highest BCUT2D eigenvalue weighted by molar-refractivity contribution is 5.50. The zero-order valence-electron chi connectivity index (χ0n) is 22.5. The van der Waals surface area contributed by atoms with Crippen LogP contribution < -0.4 is 4.74 Å². The number of aryl methyl sites for hydroxylation is 1. The minimum atomic E-state index is -0.529. The number of rotatable bonds is 9. The molecule has 0 radical (unpaired) electrons. The van der Waals surface area contributed by atoms with Gasteiger partial charge in [-0.25, -0.2) is 4.98 Å². The van der Waals surface area contributed by atoms with Gasteiger partial charge in [0.15, 0.2) is 0 Å². The maximum atomic E-state index is 6.11. The van der Waals surface area contributed by atoms with Gasteiger partial charge >= 0.3 is 0 Å². The van der Waals surface area contributed by atoms with E-state index in [2.05, 4.69) is 141 Å². The van der Waals surface area contributed by atoms with Crippen LogP contribution in [0, 0.1) is 0 Å². The largest absolute Gasteiger partial charge is 0.494 e. The van der Waals surface area contributed by atoms with E-state index in [4.69, 9.17) is 9.72 Å². The highest BCUT2D eigenvalue weighted by atomic mass is 16.5. The Bertz CT molecular complexity index is 1340. The van der Waals surface area contributed by atoms with Gasteiger partial charge in [0.05, 0.1) is 18.6 Å². The van der Waals surface area contributed by atoms with E-state index in [9.17, 15) is 0 Å². The molecule has 0 saturated carbocycles. The lowest BCUT2D eigenvalue weighted by molar-refractivity contribution is 0.309. The predicted octanol–water partition coefficient (Wildman–Crippen LogP) is 8.03. The Morgan fingerprint density at radius 3 is 1.71 bits per heavy atom. The monoisotopic (exact) mass is 500 g/mol. The fraction of sp³-hybridized carbons (Fsp3) is 0.229. The van der Waals surface area contributed by atoms with Crippen molar-refractivity contribution in [1.29, 1.82) is 0 Å². The number of hydrogen-bond donors (Lipinski definition) is 0. The van der Waals surface area contributed by atoms with Crippen molar-refractivity contribution in [2.24, 2.45) is 0 Å². The topological polar surface area (TPSA) is 27.1 Å². The number of hydrogen-bond acceptors (Lipinski definition) is 2. The summed E-state index contributed by atoms with van der Waals surface area (Å²) < 4.78 is 8.38. The smallest absolute Gasteiger partial charge is 0.121 e. The summed E-state index contributed by atoms with van der Waals surface area (Å²) in [5.41, 5.74) is 5.51. The summed E-state index contributed by atoms with van der Waals surface area (Å²) in [6, 6.07) is 40.6. The third kappa shape index (κ3) is 5.28. The van der Waals surface area contributed by atoms with Crippen LogP contribution in [0.3, 0.4) is 0 Å². The first-order chi connectivity index (χ1) is 18.5. The molecule has 1 aromatic heterocycles. The SMILES string of the molecule is CC(C)(C)c1cccc(OCCCc2cn(C(c3ccccc3)(c3ccccc3)c3ccccc3)cn2)c1. The van der Waals surface area contributed by atoms with E-state index < -0.39 is 5.54 Å². The molecule has 5 rings (SSSR count). The van der Waals surface area contributed by atoms with Gasteiger partial charge in [0, 0.05) is 6.20 Å². The lowest BCUT2D eigenvalue weighted by atomic mass is 9.77. The average molecular weight is 501 g/mol. The number of nitrogens with zero attached hydrogens (tertiary/aromatic N) is 2. The highest BCUT2D eigenvalue weighted by Gasteiger charge is 2.38. The summed E-state index contributed by atoms with van der Waals surface area (Å²) in [5.74, 6) is 0.930. The molecule has 0 atom stereocenters. The molecule has 5 aromatic rings. The molecule has 38 heavy (non-hydrogen) atoms. The molecule has 192 valence electrons. The first kappa shape index (κ1) is 25.5. The lowest BCUT2D eigenvalue weighted by Gasteiger charge is -2.37. The van der Waals surface area contributed by atoms with Crippen molar-refractivity contribution in [3.63, 3.8) is 0 Å². The van der Waals surface area contributed by atoms with Crippen LogP contribution in [0.4, 0.5) is 0 Å². The Labute approximate surface area is 226 Å². The highest BCUT2D eigenvalue weighted by Crippen LogP contribution is 2.40. The molecular weight excluding hydrogens is 464 g/mol. The van der Waals surface area contributed by atoms with E-state index in [0.29, 0.717) is 6.61 Å². The second-order valence-electron chi connectivity index (χ2n) is 10.8. The van der Waals surface area contributed by atoms with Crippen LogP contribution in [0.1, 0.15) is 55.1 Å². The molecule has 0 saturated heterocycles. The van der Waals surface area contributed by atoms with E-state index >= 15 is 0 Å². The first-order valence-corrected chi connectivity index (χ1v) is 13.4. The van der Waals surface area contributed by atoms with Gasteiger partial charge in [-0.1, -0.05) is 124 Å². The minimum absolute atomic E-state index is 0.106. The molecule has 0 unspecified atom stereocenters. The molecule has 0 fully saturated rings. The number of benzene rings is 4. The normalized spacial score (nSPS) is 11.9. The Morgan fingerprint density at radius 1 is 0.658 bits per heavy atom. The molecule has 0 aliphatic heterocycles. The summed E-state index contributed by atoms with van der Waals surface area (Å²) in [5, 5.41) is 0. The maximum Gasteiger partial charge on any atom is 0.121 e. The third-order valence-corrected chi connectivity index (χ3v) is 7.14. The van der Waals surface area contributed by atoms with E-state index in [0.717, 1.165) is 24.3 Å². The Kier molecular flexibility index (Phi) is 7.46. The standard InChI is InChI=1S/C35H36N2O/c1-34(2,3)31-21-13-23-33(25-31)38-24-14-22-32-26-37(27-36-32)35(28-15-7-4-8-16-28,29-17-9-5-10-18-29)30-19-11-6-12-20-30/h4-13,15-21,23,25-27H,14,22,24H2,1-3H3. The molecule has 1 heterocycles. The van der Waals surface area contributed by atoms with Gasteiger partial charge < -0.3 is 9.30 Å². The summed E-state index contributed by atoms with van der Waals surface area (Å²) in [4.78, 5) is 4.86. The van der Waals surface area contributed by atoms with E-state index in [1.165, 1.54) is 22.3 Å². The van der Waals surface area contributed by atoms with Gasteiger partial charge in [-0.2, -0.15) is 0 Å². The van der Waals surface area contributed by atoms with Crippen molar-refractivity contribution in [3.05, 3.63) is 156 Å². The Hall–Kier alpha value is -4.11. The molecule has 0 amide bonds. The van der Waals surface area contributed by atoms with Crippen LogP contribution in [0.25, 0.3) is 0 Å². The zero-order chi connectivity index (χ0) is 26.4. The lowest BCUT2D eigenvalue weighted by Crippen LogP contribution is -2.36. The Balaban J connectivity index is 1.41. The maximum absolute atomic E-state index is 6.11.